The quantitative estimate of drug-likeness (QED) is 0.648. The summed E-state index contributed by atoms with van der Waals surface area (Å²) in [4.78, 5) is 18.8. The van der Waals surface area contributed by atoms with Gasteiger partial charge in [0.25, 0.3) is 5.56 Å². The Morgan fingerprint density at radius 1 is 1.16 bits per heavy atom. The third-order valence-electron chi connectivity index (χ3n) is 3.40. The largest absolute Gasteiger partial charge is 0.416 e. The van der Waals surface area contributed by atoms with Gasteiger partial charge < -0.3 is 4.98 Å². The number of rotatable bonds is 2. The first-order valence-electron chi connectivity index (χ1n) is 6.98. The molecular formula is C17H9Cl2F3N2O. The van der Waals surface area contributed by atoms with Crippen molar-refractivity contribution in [3.8, 4) is 0 Å². The van der Waals surface area contributed by atoms with Gasteiger partial charge in [-0.05, 0) is 42.0 Å². The number of benzene rings is 2. The predicted molar refractivity (Wildman–Crippen MR) is 92.5 cm³/mol. The van der Waals surface area contributed by atoms with Gasteiger partial charge in [-0.1, -0.05) is 35.3 Å². The Morgan fingerprint density at radius 2 is 1.92 bits per heavy atom. The third kappa shape index (κ3) is 3.86. The highest BCUT2D eigenvalue weighted by Gasteiger charge is 2.30. The van der Waals surface area contributed by atoms with Crippen molar-refractivity contribution in [3.63, 3.8) is 0 Å². The summed E-state index contributed by atoms with van der Waals surface area (Å²) in [5.74, 6) is 0.0545. The highest BCUT2D eigenvalue weighted by atomic mass is 35.5. The first kappa shape index (κ1) is 17.5. The Kier molecular flexibility index (Phi) is 4.58. The van der Waals surface area contributed by atoms with Crippen LogP contribution in [0, 0.1) is 0 Å². The summed E-state index contributed by atoms with van der Waals surface area (Å²) in [6, 6.07) is 9.27. The van der Waals surface area contributed by atoms with Crippen molar-refractivity contribution in [1.82, 2.24) is 9.97 Å². The molecule has 2 aromatic carbocycles. The zero-order valence-corrected chi connectivity index (χ0v) is 13.9. The van der Waals surface area contributed by atoms with Gasteiger partial charge in [0.2, 0.25) is 0 Å². The van der Waals surface area contributed by atoms with Gasteiger partial charge >= 0.3 is 6.18 Å². The summed E-state index contributed by atoms with van der Waals surface area (Å²) in [6.45, 7) is 0. The fourth-order valence-electron chi connectivity index (χ4n) is 2.24. The molecule has 0 fully saturated rings. The molecule has 0 amide bonds. The number of hydrogen-bond donors (Lipinski definition) is 1. The Morgan fingerprint density at radius 3 is 2.64 bits per heavy atom. The van der Waals surface area contributed by atoms with Crippen LogP contribution >= 0.6 is 23.2 Å². The van der Waals surface area contributed by atoms with E-state index in [4.69, 9.17) is 23.2 Å². The van der Waals surface area contributed by atoms with Gasteiger partial charge in [-0.3, -0.25) is 4.79 Å². The van der Waals surface area contributed by atoms with E-state index in [1.54, 1.807) is 12.1 Å². The second kappa shape index (κ2) is 6.54. The van der Waals surface area contributed by atoms with Crippen LogP contribution in [0.25, 0.3) is 22.0 Å². The van der Waals surface area contributed by atoms with Gasteiger partial charge in [0.15, 0.2) is 5.82 Å². The summed E-state index contributed by atoms with van der Waals surface area (Å²) < 4.78 is 38.3. The van der Waals surface area contributed by atoms with Gasteiger partial charge in [-0.25, -0.2) is 4.98 Å². The average molecular weight is 385 g/mol. The van der Waals surface area contributed by atoms with E-state index in [2.05, 4.69) is 9.97 Å². The molecule has 0 spiro atoms. The zero-order chi connectivity index (χ0) is 18.2. The van der Waals surface area contributed by atoms with Crippen molar-refractivity contribution < 1.29 is 13.2 Å². The van der Waals surface area contributed by atoms with Crippen molar-refractivity contribution >= 4 is 45.2 Å². The molecule has 0 atom stereocenters. The van der Waals surface area contributed by atoms with E-state index in [1.807, 2.05) is 0 Å². The number of halogens is 5. The van der Waals surface area contributed by atoms with Crippen LogP contribution in [0.5, 0.6) is 0 Å². The summed E-state index contributed by atoms with van der Waals surface area (Å²) in [6.07, 6.45) is -3.15. The minimum atomic E-state index is -4.45. The summed E-state index contributed by atoms with van der Waals surface area (Å²) >= 11 is 12.0. The predicted octanol–water partition coefficient (Wildman–Crippen LogP) is 5.33. The molecule has 0 aliphatic heterocycles. The van der Waals surface area contributed by atoms with Crippen LogP contribution in [-0.2, 0) is 6.18 Å². The third-order valence-corrected chi connectivity index (χ3v) is 3.92. The van der Waals surface area contributed by atoms with Crippen LogP contribution in [0.2, 0.25) is 5.02 Å². The number of nitrogens with one attached hydrogen (secondary N) is 1. The van der Waals surface area contributed by atoms with Gasteiger partial charge in [-0.15, -0.1) is 0 Å². The average Bonchev–Trinajstić information content (AvgIpc) is 2.55. The van der Waals surface area contributed by atoms with E-state index in [0.29, 0.717) is 15.9 Å². The minimum Gasteiger partial charge on any atom is -0.305 e. The van der Waals surface area contributed by atoms with Crippen LogP contribution < -0.4 is 5.56 Å². The molecule has 8 heteroatoms. The lowest BCUT2D eigenvalue weighted by Gasteiger charge is -2.07. The van der Waals surface area contributed by atoms with Gasteiger partial charge in [-0.2, -0.15) is 13.2 Å². The number of nitrogens with zero attached hydrogens (tertiary/aromatic N) is 1. The lowest BCUT2D eigenvalue weighted by atomic mass is 10.1. The van der Waals surface area contributed by atoms with Crippen molar-refractivity contribution in [1.29, 1.82) is 0 Å². The standard InChI is InChI=1S/C17H9Cl2F3N2O/c18-11-4-5-14-12(8-11)16(25)24-15(23-14)13(19)7-9-2-1-3-10(6-9)17(20,21)22/h1-8H,(H,23,24,25)/b13-7-. The fourth-order valence-corrected chi connectivity index (χ4v) is 2.63. The molecule has 0 radical (unpaired) electrons. The normalized spacial score (nSPS) is 12.6. The first-order chi connectivity index (χ1) is 11.7. The number of aromatic amines is 1. The summed E-state index contributed by atoms with van der Waals surface area (Å²) in [7, 11) is 0. The Hall–Kier alpha value is -2.31. The SMILES string of the molecule is O=c1[nH]c(/C(Cl)=C/c2cccc(C(F)(F)F)c2)nc2ccc(Cl)cc12. The van der Waals surface area contributed by atoms with E-state index < -0.39 is 17.3 Å². The number of H-pyrrole nitrogens is 1. The molecular weight excluding hydrogens is 376 g/mol. The zero-order valence-electron chi connectivity index (χ0n) is 12.4. The number of alkyl halides is 3. The molecule has 0 saturated heterocycles. The molecule has 128 valence electrons. The summed E-state index contributed by atoms with van der Waals surface area (Å²) in [5.41, 5.74) is -0.629. The van der Waals surface area contributed by atoms with E-state index >= 15 is 0 Å². The highest BCUT2D eigenvalue weighted by molar-refractivity contribution is 6.50. The van der Waals surface area contributed by atoms with E-state index in [-0.39, 0.29) is 16.4 Å². The van der Waals surface area contributed by atoms with Gasteiger partial charge in [0, 0.05) is 5.02 Å². The van der Waals surface area contributed by atoms with Crippen LogP contribution in [0.3, 0.4) is 0 Å². The first-order valence-corrected chi connectivity index (χ1v) is 7.74. The topological polar surface area (TPSA) is 45.8 Å². The second-order valence-electron chi connectivity index (χ2n) is 5.19. The van der Waals surface area contributed by atoms with Gasteiger partial charge in [0.1, 0.15) is 0 Å². The minimum absolute atomic E-state index is 0.00766. The number of hydrogen-bond acceptors (Lipinski definition) is 2. The van der Waals surface area contributed by atoms with E-state index in [0.717, 1.165) is 12.1 Å². The van der Waals surface area contributed by atoms with Crippen LogP contribution in [0.1, 0.15) is 17.0 Å². The Bertz CT molecular complexity index is 1040. The second-order valence-corrected chi connectivity index (χ2v) is 6.04. The Balaban J connectivity index is 2.05. The van der Waals surface area contributed by atoms with Crippen molar-refractivity contribution in [2.24, 2.45) is 0 Å². The number of aromatic nitrogens is 2. The van der Waals surface area contributed by atoms with Crippen molar-refractivity contribution in [2.45, 2.75) is 6.18 Å². The van der Waals surface area contributed by atoms with E-state index in [9.17, 15) is 18.0 Å². The molecule has 1 aromatic heterocycles. The molecule has 3 rings (SSSR count). The fraction of sp³-hybridized carbons (Fsp3) is 0.0588. The molecule has 0 bridgehead atoms. The molecule has 0 aliphatic rings. The molecule has 3 nitrogen and oxygen atoms in total. The molecule has 1 N–H and O–H groups in total. The molecule has 3 aromatic rings. The van der Waals surface area contributed by atoms with Crippen LogP contribution in [0.4, 0.5) is 13.2 Å². The van der Waals surface area contributed by atoms with Crippen molar-refractivity contribution in [2.75, 3.05) is 0 Å². The molecule has 1 heterocycles. The molecule has 0 aliphatic carbocycles. The monoisotopic (exact) mass is 384 g/mol. The Labute approximate surface area is 149 Å². The lowest BCUT2D eigenvalue weighted by molar-refractivity contribution is -0.137. The molecule has 25 heavy (non-hydrogen) atoms. The molecule has 0 unspecified atom stereocenters. The highest BCUT2D eigenvalue weighted by Crippen LogP contribution is 2.30. The maximum absolute atomic E-state index is 12.8. The van der Waals surface area contributed by atoms with Crippen LogP contribution in [-0.4, -0.2) is 9.97 Å². The van der Waals surface area contributed by atoms with Crippen molar-refractivity contribution in [3.05, 3.63) is 74.8 Å². The van der Waals surface area contributed by atoms with Gasteiger partial charge in [0.05, 0.1) is 21.5 Å². The lowest BCUT2D eigenvalue weighted by Crippen LogP contribution is -2.10. The van der Waals surface area contributed by atoms with Crippen LogP contribution in [0.15, 0.2) is 47.3 Å². The smallest absolute Gasteiger partial charge is 0.305 e. The maximum Gasteiger partial charge on any atom is 0.416 e. The maximum atomic E-state index is 12.8. The summed E-state index contributed by atoms with van der Waals surface area (Å²) in [5, 5.41) is 0.686. The number of fused-ring (bicyclic) bond motifs is 1. The molecule has 0 saturated carbocycles. The van der Waals surface area contributed by atoms with E-state index in [1.165, 1.54) is 24.3 Å².